The van der Waals surface area contributed by atoms with Gasteiger partial charge in [-0.15, -0.1) is 81.2 Å². The molecule has 2 unspecified atom stereocenters. The maximum Gasteiger partial charge on any atom is 4.00 e. The zero-order chi connectivity index (χ0) is 30.8. The summed E-state index contributed by atoms with van der Waals surface area (Å²) in [6.45, 7) is 4.65. The average molecular weight is 749 g/mol. The maximum absolute atomic E-state index is 2.38. The van der Waals surface area contributed by atoms with Crippen LogP contribution in [-0.2, 0) is 26.2 Å². The predicted molar refractivity (Wildman–Crippen MR) is 200 cm³/mol. The molecule has 49 heavy (non-hydrogen) atoms. The monoisotopic (exact) mass is 746 g/mol. The van der Waals surface area contributed by atoms with Crippen LogP contribution in [0.4, 0.5) is 0 Å². The summed E-state index contributed by atoms with van der Waals surface area (Å²) in [5.74, 6) is 0.806. The Kier molecular flexibility index (Phi) is 10.0. The van der Waals surface area contributed by atoms with Gasteiger partial charge in [0.2, 0.25) is 0 Å². The van der Waals surface area contributed by atoms with E-state index in [1.54, 1.807) is 0 Å². The fraction of sp³-hybridized carbons (Fsp3) is 0.0870. The van der Waals surface area contributed by atoms with Gasteiger partial charge in [-0.05, 0) is 78.9 Å². The summed E-state index contributed by atoms with van der Waals surface area (Å²) < 4.78 is 0. The summed E-state index contributed by atoms with van der Waals surface area (Å²) in [5, 5.41) is 10.8. The Morgan fingerprint density at radius 3 is 1.20 bits per heavy atom. The van der Waals surface area contributed by atoms with E-state index in [1.807, 2.05) is 0 Å². The van der Waals surface area contributed by atoms with E-state index in [4.69, 9.17) is 0 Å². The van der Waals surface area contributed by atoms with E-state index in [1.165, 1.54) is 87.6 Å². The standard InChI is InChI=1S/2C23H17.2ClH.Zr/c2*1-15(20-12-17-6-2-3-7-18(17)13-20)22-14-19-10-4-8-16-9-5-11-21(22)23(16)19;;;/h2*2-15H,1H3;2*1H;/q2*-1;;;+4/p-2. The molecule has 0 saturated heterocycles. The van der Waals surface area contributed by atoms with Crippen LogP contribution >= 0.6 is 0 Å². The smallest absolute Gasteiger partial charge is 1.00 e. The molecule has 236 valence electrons. The normalized spacial score (nSPS) is 13.5. The fourth-order valence-electron chi connectivity index (χ4n) is 7.88. The van der Waals surface area contributed by atoms with Gasteiger partial charge in [-0.3, -0.25) is 0 Å². The minimum absolute atomic E-state index is 0. The van der Waals surface area contributed by atoms with Crippen LogP contribution in [-0.4, -0.2) is 0 Å². The van der Waals surface area contributed by atoms with Crippen LogP contribution in [0.1, 0.15) is 59.1 Å². The van der Waals surface area contributed by atoms with Crippen LogP contribution in [0.3, 0.4) is 0 Å². The van der Waals surface area contributed by atoms with Crippen molar-refractivity contribution in [1.82, 2.24) is 0 Å². The van der Waals surface area contributed by atoms with Crippen molar-refractivity contribution < 1.29 is 51.0 Å². The van der Waals surface area contributed by atoms with Crippen LogP contribution in [0.2, 0.25) is 0 Å². The summed E-state index contributed by atoms with van der Waals surface area (Å²) in [6.07, 6.45) is 4.75. The van der Waals surface area contributed by atoms with Crippen LogP contribution in [0, 0.1) is 0 Å². The first kappa shape index (κ1) is 34.9. The van der Waals surface area contributed by atoms with E-state index in [9.17, 15) is 0 Å². The molecule has 0 heterocycles. The summed E-state index contributed by atoms with van der Waals surface area (Å²) in [7, 11) is 0. The van der Waals surface area contributed by atoms with Crippen molar-refractivity contribution in [3.05, 3.63) is 179 Å². The second-order valence-electron chi connectivity index (χ2n) is 13.0. The number of hydrogen-bond donors (Lipinski definition) is 0. The fourth-order valence-corrected chi connectivity index (χ4v) is 7.88. The number of hydrogen-bond acceptors (Lipinski definition) is 0. The third-order valence-corrected chi connectivity index (χ3v) is 10.3. The molecule has 0 bridgehead atoms. The molecule has 0 nitrogen and oxygen atoms in total. The molecule has 0 N–H and O–H groups in total. The number of benzene rings is 6. The molecule has 8 aromatic rings. The van der Waals surface area contributed by atoms with E-state index >= 15 is 0 Å². The first-order valence-electron chi connectivity index (χ1n) is 16.4. The van der Waals surface area contributed by atoms with Gasteiger partial charge in [0.1, 0.15) is 0 Å². The first-order valence-corrected chi connectivity index (χ1v) is 16.4. The zero-order valence-corrected chi connectivity index (χ0v) is 31.4. The van der Waals surface area contributed by atoms with Gasteiger partial charge < -0.3 is 24.8 Å². The number of fused-ring (bicyclic) bond motifs is 2. The molecule has 0 spiro atoms. The van der Waals surface area contributed by atoms with Crippen molar-refractivity contribution in [2.75, 3.05) is 0 Å². The molecular weight excluding hydrogens is 715 g/mol. The van der Waals surface area contributed by atoms with Crippen molar-refractivity contribution in [2.45, 2.75) is 25.7 Å². The Morgan fingerprint density at radius 2 is 0.796 bits per heavy atom. The molecule has 0 aromatic heterocycles. The molecule has 0 saturated carbocycles. The number of allylic oxidation sites excluding steroid dienone is 2. The molecule has 10 rings (SSSR count). The SMILES string of the molecule is CC(C1=Cc2cccc3cccc1c23)c1cc2ccccc2[cH-]1.CC(C1=Cc2cccc3cccc1c23)c1cc2ccccc2[cH-]1.[Cl-].[Cl-].[Zr+4]. The molecule has 2 aliphatic carbocycles. The minimum atomic E-state index is 0. The van der Waals surface area contributed by atoms with Crippen molar-refractivity contribution in [1.29, 1.82) is 0 Å². The molecule has 2 atom stereocenters. The topological polar surface area (TPSA) is 0 Å². The van der Waals surface area contributed by atoms with Crippen LogP contribution in [0.15, 0.2) is 146 Å². The van der Waals surface area contributed by atoms with Gasteiger partial charge in [0.05, 0.1) is 0 Å². The van der Waals surface area contributed by atoms with E-state index in [2.05, 4.69) is 172 Å². The van der Waals surface area contributed by atoms with Crippen molar-refractivity contribution in [2.24, 2.45) is 0 Å². The molecule has 3 heteroatoms. The Labute approximate surface area is 319 Å². The second-order valence-corrected chi connectivity index (χ2v) is 13.0. The largest absolute Gasteiger partial charge is 4.00 e. The third kappa shape index (κ3) is 5.97. The summed E-state index contributed by atoms with van der Waals surface area (Å²) in [6, 6.07) is 53.1. The van der Waals surface area contributed by atoms with Gasteiger partial charge in [-0.25, -0.2) is 0 Å². The van der Waals surface area contributed by atoms with E-state index in [0.29, 0.717) is 11.8 Å². The summed E-state index contributed by atoms with van der Waals surface area (Å²) in [5.41, 5.74) is 11.2. The molecule has 2 aliphatic rings. The van der Waals surface area contributed by atoms with Crippen molar-refractivity contribution >= 4 is 66.4 Å². The molecular formula is C46H34Cl2Zr. The Morgan fingerprint density at radius 1 is 0.429 bits per heavy atom. The molecule has 8 aromatic carbocycles. The predicted octanol–water partition coefficient (Wildman–Crippen LogP) is 6.74. The van der Waals surface area contributed by atoms with Gasteiger partial charge in [-0.1, -0.05) is 98.8 Å². The molecule has 0 radical (unpaired) electrons. The van der Waals surface area contributed by atoms with E-state index in [0.717, 1.165) is 0 Å². The quantitative estimate of drug-likeness (QED) is 0.175. The van der Waals surface area contributed by atoms with Gasteiger partial charge in [-0.2, -0.15) is 12.1 Å². The first-order chi connectivity index (χ1) is 22.6. The Balaban J connectivity index is 0.000000160. The van der Waals surface area contributed by atoms with Crippen molar-refractivity contribution in [3.8, 4) is 0 Å². The Bertz CT molecular complexity index is 2270. The second kappa shape index (κ2) is 14.1. The number of rotatable bonds is 4. The van der Waals surface area contributed by atoms with Gasteiger partial charge >= 0.3 is 26.2 Å². The summed E-state index contributed by atoms with van der Waals surface area (Å²) >= 11 is 0. The van der Waals surface area contributed by atoms with Gasteiger partial charge in [0.25, 0.3) is 0 Å². The maximum atomic E-state index is 2.38. The van der Waals surface area contributed by atoms with Crippen LogP contribution < -0.4 is 24.8 Å². The molecule has 0 fully saturated rings. The summed E-state index contributed by atoms with van der Waals surface area (Å²) in [4.78, 5) is 0. The third-order valence-electron chi connectivity index (χ3n) is 10.3. The van der Waals surface area contributed by atoms with E-state index < -0.39 is 0 Å². The Hall–Kier alpha value is -4.00. The average Bonchev–Trinajstić information content (AvgIpc) is 3.89. The zero-order valence-electron chi connectivity index (χ0n) is 27.4. The van der Waals surface area contributed by atoms with Crippen molar-refractivity contribution in [3.63, 3.8) is 0 Å². The number of halogens is 2. The minimum Gasteiger partial charge on any atom is -1.00 e. The van der Waals surface area contributed by atoms with Gasteiger partial charge in [0, 0.05) is 0 Å². The molecule has 0 aliphatic heterocycles. The molecule has 0 amide bonds. The van der Waals surface area contributed by atoms with Crippen LogP contribution in [0.5, 0.6) is 0 Å². The van der Waals surface area contributed by atoms with E-state index in [-0.39, 0.29) is 51.0 Å². The van der Waals surface area contributed by atoms with Crippen LogP contribution in [0.25, 0.3) is 66.4 Å². The van der Waals surface area contributed by atoms with Gasteiger partial charge in [0.15, 0.2) is 0 Å².